The second-order valence-corrected chi connectivity index (χ2v) is 3.18. The topological polar surface area (TPSA) is 26.0 Å². The monoisotopic (exact) mass is 181 g/mol. The molecule has 0 spiro atoms. The lowest BCUT2D eigenvalue weighted by Crippen LogP contribution is -2.70. The van der Waals surface area contributed by atoms with E-state index in [0.717, 1.165) is 29.5 Å². The SMILES string of the molecule is Clc1cccc(C2=[NH+]CCN2)c1. The van der Waals surface area contributed by atoms with Gasteiger partial charge in [-0.25, -0.2) is 0 Å². The first-order chi connectivity index (χ1) is 5.86. The summed E-state index contributed by atoms with van der Waals surface area (Å²) >= 11 is 5.85. The van der Waals surface area contributed by atoms with E-state index in [4.69, 9.17) is 11.6 Å². The van der Waals surface area contributed by atoms with Crippen LogP contribution in [0.4, 0.5) is 0 Å². The van der Waals surface area contributed by atoms with Crippen molar-refractivity contribution in [3.8, 4) is 0 Å². The molecule has 0 saturated heterocycles. The van der Waals surface area contributed by atoms with E-state index in [-0.39, 0.29) is 0 Å². The fourth-order valence-electron chi connectivity index (χ4n) is 1.29. The van der Waals surface area contributed by atoms with Crippen molar-refractivity contribution >= 4 is 17.4 Å². The van der Waals surface area contributed by atoms with Crippen LogP contribution in [-0.2, 0) is 0 Å². The molecule has 0 amide bonds. The fraction of sp³-hybridized carbons (Fsp3) is 0.222. The van der Waals surface area contributed by atoms with Gasteiger partial charge < -0.3 is 0 Å². The largest absolute Gasteiger partial charge is 0.275 e. The summed E-state index contributed by atoms with van der Waals surface area (Å²) in [5, 5.41) is 4.02. The molecule has 0 unspecified atom stereocenters. The molecule has 0 atom stereocenters. The molecule has 2 N–H and O–H groups in total. The third kappa shape index (κ3) is 1.43. The molecule has 1 aliphatic heterocycles. The average molecular weight is 182 g/mol. The Morgan fingerprint density at radius 2 is 2.33 bits per heavy atom. The van der Waals surface area contributed by atoms with Crippen LogP contribution in [0.1, 0.15) is 5.56 Å². The first-order valence-electron chi connectivity index (χ1n) is 3.97. The number of halogens is 1. The zero-order valence-electron chi connectivity index (χ0n) is 6.60. The number of hydrogen-bond acceptors (Lipinski definition) is 1. The zero-order chi connectivity index (χ0) is 8.39. The van der Waals surface area contributed by atoms with Gasteiger partial charge in [0.25, 0.3) is 5.84 Å². The van der Waals surface area contributed by atoms with Crippen molar-refractivity contribution in [2.24, 2.45) is 0 Å². The summed E-state index contributed by atoms with van der Waals surface area (Å²) in [6, 6.07) is 7.81. The third-order valence-corrected chi connectivity index (χ3v) is 2.08. The zero-order valence-corrected chi connectivity index (χ0v) is 7.36. The number of benzene rings is 1. The number of nitrogens with one attached hydrogen (secondary N) is 2. The summed E-state index contributed by atoms with van der Waals surface area (Å²) in [5.41, 5.74) is 1.13. The summed E-state index contributed by atoms with van der Waals surface area (Å²) in [7, 11) is 0. The molecule has 2 rings (SSSR count). The highest BCUT2D eigenvalue weighted by molar-refractivity contribution is 6.30. The maximum Gasteiger partial charge on any atom is 0.275 e. The highest BCUT2D eigenvalue weighted by Crippen LogP contribution is 2.09. The van der Waals surface area contributed by atoms with Gasteiger partial charge in [-0.2, -0.15) is 0 Å². The molecule has 0 aromatic heterocycles. The van der Waals surface area contributed by atoms with Crippen LogP contribution < -0.4 is 10.3 Å². The first-order valence-corrected chi connectivity index (χ1v) is 4.35. The number of amidine groups is 1. The molecular weight excluding hydrogens is 172 g/mol. The van der Waals surface area contributed by atoms with E-state index in [1.54, 1.807) is 0 Å². The molecule has 0 fully saturated rings. The molecule has 1 aliphatic rings. The van der Waals surface area contributed by atoms with Crippen molar-refractivity contribution in [3.63, 3.8) is 0 Å². The lowest BCUT2D eigenvalue weighted by Gasteiger charge is -1.95. The van der Waals surface area contributed by atoms with Crippen LogP contribution in [0.3, 0.4) is 0 Å². The summed E-state index contributed by atoms with van der Waals surface area (Å²) in [6.45, 7) is 1.98. The van der Waals surface area contributed by atoms with Gasteiger partial charge in [0.15, 0.2) is 0 Å². The van der Waals surface area contributed by atoms with E-state index < -0.39 is 0 Å². The maximum atomic E-state index is 5.85. The predicted octanol–water partition coefficient (Wildman–Crippen LogP) is -0.230. The molecular formula is C9H10ClN2+. The third-order valence-electron chi connectivity index (χ3n) is 1.84. The maximum absolute atomic E-state index is 5.85. The molecule has 0 aliphatic carbocycles. The number of hydrogen-bond donors (Lipinski definition) is 2. The Morgan fingerprint density at radius 3 is 3.00 bits per heavy atom. The van der Waals surface area contributed by atoms with Gasteiger partial charge in [-0.1, -0.05) is 17.7 Å². The molecule has 12 heavy (non-hydrogen) atoms. The van der Waals surface area contributed by atoms with Crippen molar-refractivity contribution in [3.05, 3.63) is 34.9 Å². The van der Waals surface area contributed by atoms with Crippen molar-refractivity contribution in [2.75, 3.05) is 13.1 Å². The molecule has 0 saturated carbocycles. The average Bonchev–Trinajstić information content (AvgIpc) is 2.56. The van der Waals surface area contributed by atoms with Crippen LogP contribution in [0.5, 0.6) is 0 Å². The Bertz CT molecular complexity index is 320. The van der Waals surface area contributed by atoms with Gasteiger partial charge in [0.2, 0.25) is 0 Å². The molecule has 2 nitrogen and oxygen atoms in total. The van der Waals surface area contributed by atoms with E-state index in [2.05, 4.69) is 10.3 Å². The predicted molar refractivity (Wildman–Crippen MR) is 49.4 cm³/mol. The molecule has 1 aromatic rings. The minimum atomic E-state index is 0.774. The lowest BCUT2D eigenvalue weighted by atomic mass is 10.2. The standard InChI is InChI=1S/C9H9ClN2/c10-8-3-1-2-7(6-8)9-11-4-5-12-9/h1-3,6H,4-5H2,(H,11,12)/p+1. The summed E-state index contributed by atoms with van der Waals surface area (Å²) in [4.78, 5) is 3.25. The summed E-state index contributed by atoms with van der Waals surface area (Å²) in [5.74, 6) is 1.08. The Hall–Kier alpha value is -1.02. The minimum Gasteiger partial charge on any atom is -0.270 e. The molecule has 1 aromatic carbocycles. The second-order valence-electron chi connectivity index (χ2n) is 2.74. The van der Waals surface area contributed by atoms with Crippen LogP contribution in [0.15, 0.2) is 24.3 Å². The van der Waals surface area contributed by atoms with E-state index in [0.29, 0.717) is 0 Å². The van der Waals surface area contributed by atoms with Gasteiger partial charge in [-0.15, -0.1) is 0 Å². The summed E-state index contributed by atoms with van der Waals surface area (Å²) in [6.07, 6.45) is 0. The fourth-order valence-corrected chi connectivity index (χ4v) is 1.48. The summed E-state index contributed by atoms with van der Waals surface area (Å²) < 4.78 is 0. The van der Waals surface area contributed by atoms with Crippen molar-refractivity contribution < 1.29 is 4.99 Å². The Balaban J connectivity index is 2.33. The van der Waals surface area contributed by atoms with Crippen LogP contribution in [-0.4, -0.2) is 18.9 Å². The molecule has 0 radical (unpaired) electrons. The van der Waals surface area contributed by atoms with Crippen LogP contribution in [0.25, 0.3) is 0 Å². The van der Waals surface area contributed by atoms with Crippen molar-refractivity contribution in [1.29, 1.82) is 0 Å². The van der Waals surface area contributed by atoms with Gasteiger partial charge >= 0.3 is 0 Å². The Labute approximate surface area is 76.3 Å². The van der Waals surface area contributed by atoms with Gasteiger partial charge in [-0.3, -0.25) is 10.3 Å². The van der Waals surface area contributed by atoms with Crippen LogP contribution in [0, 0.1) is 0 Å². The van der Waals surface area contributed by atoms with Crippen molar-refractivity contribution in [1.82, 2.24) is 5.32 Å². The number of rotatable bonds is 1. The van der Waals surface area contributed by atoms with E-state index >= 15 is 0 Å². The molecule has 0 bridgehead atoms. The van der Waals surface area contributed by atoms with Gasteiger partial charge in [-0.05, 0) is 18.2 Å². The smallest absolute Gasteiger partial charge is 0.270 e. The highest BCUT2D eigenvalue weighted by atomic mass is 35.5. The van der Waals surface area contributed by atoms with Gasteiger partial charge in [0.05, 0.1) is 5.56 Å². The first kappa shape index (κ1) is 7.62. The normalized spacial score (nSPS) is 15.6. The second kappa shape index (κ2) is 3.15. The molecule has 3 heteroatoms. The van der Waals surface area contributed by atoms with E-state index in [1.807, 2.05) is 24.3 Å². The Kier molecular flexibility index (Phi) is 2.00. The van der Waals surface area contributed by atoms with Crippen molar-refractivity contribution in [2.45, 2.75) is 0 Å². The minimum absolute atomic E-state index is 0.774. The van der Waals surface area contributed by atoms with E-state index in [1.165, 1.54) is 0 Å². The quantitative estimate of drug-likeness (QED) is 0.615. The lowest BCUT2D eigenvalue weighted by molar-refractivity contribution is -0.444. The van der Waals surface area contributed by atoms with E-state index in [9.17, 15) is 0 Å². The van der Waals surface area contributed by atoms with Crippen LogP contribution in [0.2, 0.25) is 5.02 Å². The van der Waals surface area contributed by atoms with Gasteiger partial charge in [0.1, 0.15) is 13.1 Å². The molecule has 1 heterocycles. The highest BCUT2D eigenvalue weighted by Gasteiger charge is 2.14. The van der Waals surface area contributed by atoms with Gasteiger partial charge in [0, 0.05) is 5.02 Å². The Morgan fingerprint density at radius 1 is 1.42 bits per heavy atom. The molecule has 62 valence electrons. The van der Waals surface area contributed by atoms with Crippen LogP contribution >= 0.6 is 11.6 Å².